The Bertz CT molecular complexity index is 540. The zero-order chi connectivity index (χ0) is 13.4. The number of rotatable bonds is 2. The Balaban J connectivity index is 2.20. The predicted molar refractivity (Wildman–Crippen MR) is 63.1 cm³/mol. The molecule has 1 aliphatic heterocycles. The van der Waals surface area contributed by atoms with Crippen LogP contribution in [0.4, 0.5) is 8.78 Å². The molecule has 0 amide bonds. The minimum absolute atomic E-state index is 0.0148. The van der Waals surface area contributed by atoms with Crippen LogP contribution in [0.2, 0.25) is 0 Å². The number of hydrogen-bond donors (Lipinski definition) is 1. The first kappa shape index (κ1) is 13.4. The van der Waals surface area contributed by atoms with Crippen LogP contribution in [0.5, 0.6) is 0 Å². The van der Waals surface area contributed by atoms with Crippen LogP contribution in [0.3, 0.4) is 0 Å². The molecule has 0 atom stereocenters. The molecule has 0 saturated carbocycles. The fourth-order valence-corrected chi connectivity index (χ4v) is 2.88. The van der Waals surface area contributed by atoms with Crippen LogP contribution >= 0.6 is 0 Å². The van der Waals surface area contributed by atoms with Gasteiger partial charge in [0.25, 0.3) is 10.2 Å². The molecule has 1 aromatic carbocycles. The Hall–Kier alpha value is -1.05. The van der Waals surface area contributed by atoms with Crippen molar-refractivity contribution in [1.29, 1.82) is 0 Å². The minimum Gasteiger partial charge on any atom is -0.238 e. The van der Waals surface area contributed by atoms with Gasteiger partial charge in [-0.25, -0.2) is 13.9 Å². The highest BCUT2D eigenvalue weighted by Crippen LogP contribution is 2.38. The Labute approximate surface area is 105 Å². The van der Waals surface area contributed by atoms with Gasteiger partial charge in [0.15, 0.2) is 0 Å². The quantitative estimate of drug-likeness (QED) is 0.884. The van der Waals surface area contributed by atoms with Gasteiger partial charge < -0.3 is 0 Å². The summed E-state index contributed by atoms with van der Waals surface area (Å²) in [5.41, 5.74) is -1.84. The first-order valence-electron chi connectivity index (χ1n) is 5.55. The molecule has 2 rings (SSSR count). The van der Waals surface area contributed by atoms with E-state index in [1.165, 1.54) is 18.2 Å². The lowest BCUT2D eigenvalue weighted by Gasteiger charge is -2.35. The van der Waals surface area contributed by atoms with Crippen LogP contribution in [0, 0.1) is 5.82 Å². The van der Waals surface area contributed by atoms with Gasteiger partial charge in [-0.3, -0.25) is 0 Å². The maximum atomic E-state index is 14.6. The van der Waals surface area contributed by atoms with E-state index in [1.54, 1.807) is 6.07 Å². The van der Waals surface area contributed by atoms with Gasteiger partial charge in [0.2, 0.25) is 0 Å². The van der Waals surface area contributed by atoms with Gasteiger partial charge in [-0.05, 0) is 18.9 Å². The highest BCUT2D eigenvalue weighted by Gasteiger charge is 2.40. The summed E-state index contributed by atoms with van der Waals surface area (Å²) in [6, 6.07) is 5.64. The van der Waals surface area contributed by atoms with Gasteiger partial charge in [0, 0.05) is 18.7 Å². The zero-order valence-corrected chi connectivity index (χ0v) is 10.5. The van der Waals surface area contributed by atoms with Crippen molar-refractivity contribution in [2.24, 2.45) is 5.14 Å². The second-order valence-corrected chi connectivity index (χ2v) is 5.94. The van der Waals surface area contributed by atoms with Crippen molar-refractivity contribution >= 4 is 10.2 Å². The number of hydrogen-bond acceptors (Lipinski definition) is 2. The zero-order valence-electron chi connectivity index (χ0n) is 9.64. The van der Waals surface area contributed by atoms with Crippen LogP contribution in [0.1, 0.15) is 18.4 Å². The molecule has 4 nitrogen and oxygen atoms in total. The summed E-state index contributed by atoms with van der Waals surface area (Å²) >= 11 is 0. The number of halogens is 2. The molecular weight excluding hydrogens is 262 g/mol. The molecule has 1 aliphatic rings. The molecule has 1 saturated heterocycles. The van der Waals surface area contributed by atoms with Crippen molar-refractivity contribution in [3.05, 3.63) is 35.6 Å². The second-order valence-electron chi connectivity index (χ2n) is 4.39. The summed E-state index contributed by atoms with van der Waals surface area (Å²) < 4.78 is 51.4. The van der Waals surface area contributed by atoms with E-state index in [2.05, 4.69) is 0 Å². The standard InChI is InChI=1S/C11H14F2N2O2S/c12-10-4-2-1-3-9(10)11(13)5-7-15(8-6-11)18(14,16)17/h1-4H,5-8H2,(H2,14,16,17). The third-order valence-electron chi connectivity index (χ3n) is 3.23. The fourth-order valence-electron chi connectivity index (χ4n) is 2.19. The van der Waals surface area contributed by atoms with E-state index in [0.717, 1.165) is 4.31 Å². The molecule has 1 fully saturated rings. The Morgan fingerprint density at radius 3 is 2.28 bits per heavy atom. The summed E-state index contributed by atoms with van der Waals surface area (Å²) in [5, 5.41) is 4.97. The third-order valence-corrected chi connectivity index (χ3v) is 4.32. The number of piperidine rings is 1. The topological polar surface area (TPSA) is 63.4 Å². The molecule has 1 heterocycles. The van der Waals surface area contributed by atoms with Crippen LogP contribution in [-0.2, 0) is 15.9 Å². The lowest BCUT2D eigenvalue weighted by atomic mass is 9.86. The van der Waals surface area contributed by atoms with Gasteiger partial charge in [0.1, 0.15) is 11.5 Å². The van der Waals surface area contributed by atoms with E-state index >= 15 is 0 Å². The number of nitrogens with zero attached hydrogens (tertiary/aromatic N) is 1. The van der Waals surface area contributed by atoms with E-state index in [-0.39, 0.29) is 31.5 Å². The average Bonchev–Trinajstić information content (AvgIpc) is 2.28. The van der Waals surface area contributed by atoms with E-state index in [9.17, 15) is 17.2 Å². The summed E-state index contributed by atoms with van der Waals surface area (Å²) in [6.07, 6.45) is -0.186. The lowest BCUT2D eigenvalue weighted by molar-refractivity contribution is 0.0831. The first-order valence-corrected chi connectivity index (χ1v) is 7.05. The summed E-state index contributed by atoms with van der Waals surface area (Å²) in [4.78, 5) is 0. The van der Waals surface area contributed by atoms with Crippen molar-refractivity contribution in [3.63, 3.8) is 0 Å². The van der Waals surface area contributed by atoms with Crippen molar-refractivity contribution in [2.45, 2.75) is 18.5 Å². The largest absolute Gasteiger partial charge is 0.276 e. The average molecular weight is 276 g/mol. The molecule has 2 N–H and O–H groups in total. The SMILES string of the molecule is NS(=O)(=O)N1CCC(F)(c2ccccc2F)CC1. The molecule has 0 spiro atoms. The van der Waals surface area contributed by atoms with Gasteiger partial charge >= 0.3 is 0 Å². The number of benzene rings is 1. The minimum atomic E-state index is -3.80. The molecule has 0 unspecified atom stereocenters. The van der Waals surface area contributed by atoms with Crippen LogP contribution in [0.25, 0.3) is 0 Å². The van der Waals surface area contributed by atoms with Gasteiger partial charge in [0.05, 0.1) is 0 Å². The number of nitrogens with two attached hydrogens (primary N) is 1. The first-order chi connectivity index (χ1) is 8.33. The molecule has 18 heavy (non-hydrogen) atoms. The molecule has 0 aromatic heterocycles. The molecule has 0 aliphatic carbocycles. The van der Waals surface area contributed by atoms with Gasteiger partial charge in [-0.15, -0.1) is 0 Å². The van der Waals surface area contributed by atoms with Crippen LogP contribution in [-0.4, -0.2) is 25.8 Å². The molecule has 100 valence electrons. The summed E-state index contributed by atoms with van der Waals surface area (Å²) in [6.45, 7) is -0.0761. The molecular formula is C11H14F2N2O2S. The number of alkyl halides is 1. The van der Waals surface area contributed by atoms with E-state index in [0.29, 0.717) is 0 Å². The lowest BCUT2D eigenvalue weighted by Crippen LogP contribution is -2.46. The van der Waals surface area contributed by atoms with Crippen LogP contribution < -0.4 is 5.14 Å². The van der Waals surface area contributed by atoms with Gasteiger partial charge in [-0.2, -0.15) is 12.7 Å². The molecule has 1 aromatic rings. The van der Waals surface area contributed by atoms with Crippen molar-refractivity contribution in [1.82, 2.24) is 4.31 Å². The van der Waals surface area contributed by atoms with E-state index < -0.39 is 21.7 Å². The highest BCUT2D eigenvalue weighted by atomic mass is 32.2. The highest BCUT2D eigenvalue weighted by molar-refractivity contribution is 7.86. The van der Waals surface area contributed by atoms with Crippen molar-refractivity contribution < 1.29 is 17.2 Å². The van der Waals surface area contributed by atoms with Crippen LogP contribution in [0.15, 0.2) is 24.3 Å². The molecule has 0 bridgehead atoms. The summed E-state index contributed by atoms with van der Waals surface area (Å²) in [5.74, 6) is -0.607. The van der Waals surface area contributed by atoms with Crippen molar-refractivity contribution in [3.8, 4) is 0 Å². The normalized spacial score (nSPS) is 20.8. The fraction of sp³-hybridized carbons (Fsp3) is 0.455. The Morgan fingerprint density at radius 1 is 1.22 bits per heavy atom. The smallest absolute Gasteiger partial charge is 0.238 e. The maximum absolute atomic E-state index is 14.6. The molecule has 0 radical (unpaired) electrons. The van der Waals surface area contributed by atoms with Gasteiger partial charge in [-0.1, -0.05) is 18.2 Å². The van der Waals surface area contributed by atoms with E-state index in [1.807, 2.05) is 0 Å². The maximum Gasteiger partial charge on any atom is 0.276 e. The Kier molecular flexibility index (Phi) is 3.39. The van der Waals surface area contributed by atoms with E-state index in [4.69, 9.17) is 5.14 Å². The second kappa shape index (κ2) is 4.56. The monoisotopic (exact) mass is 276 g/mol. The summed E-state index contributed by atoms with van der Waals surface area (Å²) in [7, 11) is -3.80. The molecule has 7 heteroatoms. The Morgan fingerprint density at radius 2 is 1.78 bits per heavy atom. The van der Waals surface area contributed by atoms with Crippen molar-refractivity contribution in [2.75, 3.05) is 13.1 Å². The predicted octanol–water partition coefficient (Wildman–Crippen LogP) is 1.29. The third kappa shape index (κ3) is 2.52.